The Morgan fingerprint density at radius 3 is 2.52 bits per heavy atom. The molecule has 0 aliphatic carbocycles. The monoisotopic (exact) mass is 307 g/mol. The van der Waals surface area contributed by atoms with Gasteiger partial charge in [0.1, 0.15) is 5.75 Å². The molecular formula is C14H17N3O3S. The van der Waals surface area contributed by atoms with Crippen LogP contribution in [0.25, 0.3) is 0 Å². The molecule has 0 aliphatic rings. The van der Waals surface area contributed by atoms with Gasteiger partial charge >= 0.3 is 6.01 Å². The van der Waals surface area contributed by atoms with Gasteiger partial charge in [0.15, 0.2) is 9.84 Å². The van der Waals surface area contributed by atoms with Crippen molar-refractivity contribution in [3.63, 3.8) is 0 Å². The van der Waals surface area contributed by atoms with Gasteiger partial charge < -0.3 is 10.5 Å². The van der Waals surface area contributed by atoms with E-state index in [0.717, 1.165) is 11.8 Å². The second-order valence-corrected chi connectivity index (χ2v) is 6.92. The lowest BCUT2D eigenvalue weighted by Gasteiger charge is -2.07. The zero-order valence-electron chi connectivity index (χ0n) is 11.9. The van der Waals surface area contributed by atoms with Gasteiger partial charge in [-0.3, -0.25) is 0 Å². The lowest BCUT2D eigenvalue weighted by Crippen LogP contribution is -2.17. The fraction of sp³-hybridized carbons (Fsp3) is 0.286. The van der Waals surface area contributed by atoms with Gasteiger partial charge in [-0.1, -0.05) is 6.07 Å². The molecule has 1 atom stereocenters. The molecule has 1 aromatic carbocycles. The van der Waals surface area contributed by atoms with Crippen LogP contribution in [0.2, 0.25) is 0 Å². The van der Waals surface area contributed by atoms with Crippen LogP contribution in [0.4, 0.5) is 0 Å². The van der Waals surface area contributed by atoms with Gasteiger partial charge in [0.05, 0.1) is 4.90 Å². The number of benzene rings is 1. The van der Waals surface area contributed by atoms with E-state index in [2.05, 4.69) is 9.97 Å². The van der Waals surface area contributed by atoms with Crippen LogP contribution in [0, 0.1) is 0 Å². The molecule has 21 heavy (non-hydrogen) atoms. The molecule has 7 heteroatoms. The molecule has 2 N–H and O–H groups in total. The first kappa shape index (κ1) is 15.4. The van der Waals surface area contributed by atoms with E-state index in [1.54, 1.807) is 24.5 Å². The summed E-state index contributed by atoms with van der Waals surface area (Å²) in [5.41, 5.74) is 6.62. The van der Waals surface area contributed by atoms with Crippen LogP contribution in [0.5, 0.6) is 11.8 Å². The molecule has 2 rings (SSSR count). The number of nitrogens with zero attached hydrogens (tertiary/aromatic N) is 2. The van der Waals surface area contributed by atoms with Crippen molar-refractivity contribution in [3.8, 4) is 11.8 Å². The van der Waals surface area contributed by atoms with Crippen LogP contribution >= 0.6 is 0 Å². The molecule has 0 spiro atoms. The van der Waals surface area contributed by atoms with Crippen LogP contribution in [0.3, 0.4) is 0 Å². The number of aromatic nitrogens is 2. The Balaban J connectivity index is 2.15. The van der Waals surface area contributed by atoms with Gasteiger partial charge in [0, 0.05) is 24.7 Å². The van der Waals surface area contributed by atoms with E-state index in [1.807, 2.05) is 6.92 Å². The average molecular weight is 307 g/mol. The molecule has 0 saturated heterocycles. The predicted molar refractivity (Wildman–Crippen MR) is 79.0 cm³/mol. The Hall–Kier alpha value is -1.99. The molecule has 0 saturated carbocycles. The Bertz CT molecular complexity index is 712. The van der Waals surface area contributed by atoms with Crippen LogP contribution in [0.1, 0.15) is 12.5 Å². The lowest BCUT2D eigenvalue weighted by molar-refractivity contribution is 0.439. The second-order valence-electron chi connectivity index (χ2n) is 4.90. The lowest BCUT2D eigenvalue weighted by atomic mass is 10.1. The molecule has 0 amide bonds. The summed E-state index contributed by atoms with van der Waals surface area (Å²) < 4.78 is 28.4. The standard InChI is InChI=1S/C14H17N3O3S/c1-10(15)6-11-8-16-14(17-9-11)20-12-4-3-5-13(7-12)21(2,18)19/h3-5,7-10H,6,15H2,1-2H3. The van der Waals surface area contributed by atoms with Gasteiger partial charge in [-0.25, -0.2) is 18.4 Å². The second kappa shape index (κ2) is 6.19. The Morgan fingerprint density at radius 2 is 1.95 bits per heavy atom. The molecule has 0 radical (unpaired) electrons. The molecule has 0 fully saturated rings. The number of sulfone groups is 1. The van der Waals surface area contributed by atoms with E-state index in [-0.39, 0.29) is 16.9 Å². The predicted octanol–water partition coefficient (Wildman–Crippen LogP) is 1.56. The molecule has 0 bridgehead atoms. The highest BCUT2D eigenvalue weighted by molar-refractivity contribution is 7.90. The van der Waals surface area contributed by atoms with Crippen LogP contribution < -0.4 is 10.5 Å². The van der Waals surface area contributed by atoms with Crippen LogP contribution in [0.15, 0.2) is 41.6 Å². The quantitative estimate of drug-likeness (QED) is 0.900. The maximum atomic E-state index is 11.5. The summed E-state index contributed by atoms with van der Waals surface area (Å²) in [5.74, 6) is 0.373. The number of hydrogen-bond acceptors (Lipinski definition) is 6. The van der Waals surface area contributed by atoms with Crippen molar-refractivity contribution in [1.82, 2.24) is 9.97 Å². The smallest absolute Gasteiger partial charge is 0.321 e. The Labute approximate surface area is 123 Å². The van der Waals surface area contributed by atoms with Crippen molar-refractivity contribution in [2.75, 3.05) is 6.26 Å². The Morgan fingerprint density at radius 1 is 1.29 bits per heavy atom. The number of hydrogen-bond donors (Lipinski definition) is 1. The van der Waals surface area contributed by atoms with Crippen molar-refractivity contribution in [1.29, 1.82) is 0 Å². The minimum atomic E-state index is -3.27. The Kier molecular flexibility index (Phi) is 4.54. The number of nitrogens with two attached hydrogens (primary N) is 1. The highest BCUT2D eigenvalue weighted by Gasteiger charge is 2.09. The minimum absolute atomic E-state index is 0.0341. The van der Waals surface area contributed by atoms with E-state index in [9.17, 15) is 8.42 Å². The van der Waals surface area contributed by atoms with E-state index in [4.69, 9.17) is 10.5 Å². The summed E-state index contributed by atoms with van der Waals surface area (Å²) in [6.45, 7) is 1.90. The molecule has 1 unspecified atom stereocenters. The summed E-state index contributed by atoms with van der Waals surface area (Å²) in [5, 5.41) is 0. The zero-order valence-corrected chi connectivity index (χ0v) is 12.7. The van der Waals surface area contributed by atoms with Crippen LogP contribution in [-0.4, -0.2) is 30.7 Å². The largest absolute Gasteiger partial charge is 0.424 e. The summed E-state index contributed by atoms with van der Waals surface area (Å²) in [7, 11) is -3.27. The van der Waals surface area contributed by atoms with Gasteiger partial charge in [-0.05, 0) is 37.1 Å². The van der Waals surface area contributed by atoms with Gasteiger partial charge in [-0.15, -0.1) is 0 Å². The normalized spacial score (nSPS) is 12.9. The van der Waals surface area contributed by atoms with Crippen molar-refractivity contribution in [2.24, 2.45) is 5.73 Å². The third-order valence-corrected chi connectivity index (χ3v) is 3.79. The minimum Gasteiger partial charge on any atom is -0.424 e. The molecule has 112 valence electrons. The highest BCUT2D eigenvalue weighted by Crippen LogP contribution is 2.21. The van der Waals surface area contributed by atoms with Crippen molar-refractivity contribution in [2.45, 2.75) is 24.3 Å². The fourth-order valence-electron chi connectivity index (χ4n) is 1.75. The van der Waals surface area contributed by atoms with Gasteiger partial charge in [0.25, 0.3) is 0 Å². The maximum Gasteiger partial charge on any atom is 0.321 e. The van der Waals surface area contributed by atoms with Crippen LogP contribution in [-0.2, 0) is 16.3 Å². The SMILES string of the molecule is CC(N)Cc1cnc(Oc2cccc(S(C)(=O)=O)c2)nc1. The van der Waals surface area contributed by atoms with E-state index >= 15 is 0 Å². The average Bonchev–Trinajstić information content (AvgIpc) is 2.40. The van der Waals surface area contributed by atoms with E-state index in [1.165, 1.54) is 12.1 Å². The third-order valence-electron chi connectivity index (χ3n) is 2.68. The van der Waals surface area contributed by atoms with E-state index < -0.39 is 9.84 Å². The van der Waals surface area contributed by atoms with Crippen molar-refractivity contribution < 1.29 is 13.2 Å². The fourth-order valence-corrected chi connectivity index (χ4v) is 2.40. The highest BCUT2D eigenvalue weighted by atomic mass is 32.2. The molecular weight excluding hydrogens is 290 g/mol. The zero-order chi connectivity index (χ0) is 15.5. The first-order valence-electron chi connectivity index (χ1n) is 6.39. The maximum absolute atomic E-state index is 11.5. The van der Waals surface area contributed by atoms with Crippen molar-refractivity contribution in [3.05, 3.63) is 42.2 Å². The van der Waals surface area contributed by atoms with Crippen molar-refractivity contribution >= 4 is 9.84 Å². The molecule has 1 heterocycles. The first-order valence-corrected chi connectivity index (χ1v) is 8.28. The first-order chi connectivity index (χ1) is 9.84. The molecule has 2 aromatic rings. The third kappa shape index (κ3) is 4.51. The number of ether oxygens (including phenoxy) is 1. The van der Waals surface area contributed by atoms with Gasteiger partial charge in [-0.2, -0.15) is 0 Å². The number of rotatable bonds is 5. The summed E-state index contributed by atoms with van der Waals surface area (Å²) in [6, 6.07) is 6.40. The van der Waals surface area contributed by atoms with Gasteiger partial charge in [0.2, 0.25) is 0 Å². The topological polar surface area (TPSA) is 95.2 Å². The summed E-state index contributed by atoms with van der Waals surface area (Å²) >= 11 is 0. The summed E-state index contributed by atoms with van der Waals surface area (Å²) in [6.07, 6.45) is 5.12. The molecule has 0 aliphatic heterocycles. The molecule has 6 nitrogen and oxygen atoms in total. The molecule has 1 aromatic heterocycles. The van der Waals surface area contributed by atoms with E-state index in [0.29, 0.717) is 12.2 Å². The summed E-state index contributed by atoms with van der Waals surface area (Å²) in [4.78, 5) is 8.35.